The number of fused-ring (bicyclic) bond motifs is 1. The number of amides is 2. The maximum atomic E-state index is 12.8. The molecule has 4 rings (SSSR count). The molecule has 0 radical (unpaired) electrons. The van der Waals surface area contributed by atoms with Gasteiger partial charge in [-0.2, -0.15) is 0 Å². The van der Waals surface area contributed by atoms with Crippen LogP contribution >= 0.6 is 11.3 Å². The second-order valence-corrected chi connectivity index (χ2v) is 9.62. The number of hydrogen-bond donors (Lipinski definition) is 1. The van der Waals surface area contributed by atoms with E-state index in [2.05, 4.69) is 5.32 Å². The van der Waals surface area contributed by atoms with Crippen molar-refractivity contribution in [3.8, 4) is 5.75 Å². The maximum Gasteiger partial charge on any atom is 0.341 e. The van der Waals surface area contributed by atoms with E-state index < -0.39 is 0 Å². The largest absolute Gasteiger partial charge is 0.497 e. The second kappa shape index (κ2) is 11.0. The van der Waals surface area contributed by atoms with Crippen LogP contribution in [-0.4, -0.2) is 74.0 Å². The minimum atomic E-state index is -0.361. The van der Waals surface area contributed by atoms with Gasteiger partial charge >= 0.3 is 5.97 Å². The fraction of sp³-hybridized carbons (Fsp3) is 0.480. The number of rotatable bonds is 8. The van der Waals surface area contributed by atoms with Crippen LogP contribution < -0.4 is 10.1 Å². The summed E-state index contributed by atoms with van der Waals surface area (Å²) in [5.74, 6) is 0.301. The van der Waals surface area contributed by atoms with Crippen molar-refractivity contribution in [3.05, 3.63) is 45.8 Å². The number of nitrogens with one attached hydrogen (secondary N) is 1. The zero-order valence-electron chi connectivity index (χ0n) is 19.7. The van der Waals surface area contributed by atoms with Crippen LogP contribution in [0.2, 0.25) is 0 Å². The van der Waals surface area contributed by atoms with Crippen molar-refractivity contribution in [2.75, 3.05) is 51.8 Å². The van der Waals surface area contributed by atoms with Crippen LogP contribution in [-0.2, 0) is 33.6 Å². The smallest absolute Gasteiger partial charge is 0.341 e. The molecule has 8 nitrogen and oxygen atoms in total. The van der Waals surface area contributed by atoms with Crippen LogP contribution in [0.1, 0.15) is 39.7 Å². The molecule has 0 bridgehead atoms. The van der Waals surface area contributed by atoms with E-state index in [-0.39, 0.29) is 24.3 Å². The van der Waals surface area contributed by atoms with Crippen molar-refractivity contribution >= 4 is 34.1 Å². The molecule has 34 heavy (non-hydrogen) atoms. The zero-order chi connectivity index (χ0) is 24.1. The number of thiophene rings is 1. The van der Waals surface area contributed by atoms with E-state index in [9.17, 15) is 14.4 Å². The second-order valence-electron chi connectivity index (χ2n) is 8.52. The molecular weight excluding hydrogens is 454 g/mol. The zero-order valence-corrected chi connectivity index (χ0v) is 20.5. The van der Waals surface area contributed by atoms with Gasteiger partial charge in [0.2, 0.25) is 11.8 Å². The van der Waals surface area contributed by atoms with Gasteiger partial charge < -0.3 is 19.7 Å². The Balaban J connectivity index is 1.29. The molecule has 2 aliphatic rings. The number of ether oxygens (including phenoxy) is 2. The van der Waals surface area contributed by atoms with Gasteiger partial charge in [0.05, 0.1) is 32.2 Å². The van der Waals surface area contributed by atoms with Gasteiger partial charge in [-0.15, -0.1) is 11.3 Å². The SMILES string of the molecule is CCOC(=O)c1c(NC(=O)CN2CCN(C(=O)Cc3cccc(OC)c3)CC2)sc2c1CCC2. The summed E-state index contributed by atoms with van der Waals surface area (Å²) < 4.78 is 10.5. The van der Waals surface area contributed by atoms with Crippen molar-refractivity contribution < 1.29 is 23.9 Å². The first kappa shape index (κ1) is 24.2. The van der Waals surface area contributed by atoms with Gasteiger partial charge in [-0.25, -0.2) is 4.79 Å². The molecule has 182 valence electrons. The first-order valence-corrected chi connectivity index (χ1v) is 12.5. The van der Waals surface area contributed by atoms with Crippen molar-refractivity contribution in [2.45, 2.75) is 32.6 Å². The van der Waals surface area contributed by atoms with Crippen molar-refractivity contribution in [1.82, 2.24) is 9.80 Å². The van der Waals surface area contributed by atoms with E-state index in [1.165, 1.54) is 16.2 Å². The molecule has 9 heteroatoms. The first-order valence-electron chi connectivity index (χ1n) is 11.7. The Bertz CT molecular complexity index is 1060. The molecule has 0 unspecified atom stereocenters. The quantitative estimate of drug-likeness (QED) is 0.579. The van der Waals surface area contributed by atoms with E-state index in [1.54, 1.807) is 14.0 Å². The number of carbonyl (C=O) groups excluding carboxylic acids is 3. The third kappa shape index (κ3) is 5.59. The summed E-state index contributed by atoms with van der Waals surface area (Å²) in [6.07, 6.45) is 3.15. The molecule has 1 fully saturated rings. The topological polar surface area (TPSA) is 88.2 Å². The molecule has 2 aromatic rings. The minimum absolute atomic E-state index is 0.0736. The summed E-state index contributed by atoms with van der Waals surface area (Å²) in [5, 5.41) is 3.55. The van der Waals surface area contributed by atoms with E-state index >= 15 is 0 Å². The van der Waals surface area contributed by atoms with Gasteiger partial charge in [0.25, 0.3) is 0 Å². The van der Waals surface area contributed by atoms with Crippen LogP contribution in [0, 0.1) is 0 Å². The Morgan fingerprint density at radius 3 is 2.65 bits per heavy atom. The Morgan fingerprint density at radius 2 is 1.91 bits per heavy atom. The number of piperazine rings is 1. The number of carbonyl (C=O) groups is 3. The summed E-state index contributed by atoms with van der Waals surface area (Å²) >= 11 is 1.49. The lowest BCUT2D eigenvalue weighted by Gasteiger charge is -2.34. The molecule has 0 saturated carbocycles. The Morgan fingerprint density at radius 1 is 1.12 bits per heavy atom. The summed E-state index contributed by atoms with van der Waals surface area (Å²) in [4.78, 5) is 43.0. The number of anilines is 1. The van der Waals surface area contributed by atoms with Crippen molar-refractivity contribution in [2.24, 2.45) is 0 Å². The molecular formula is C25H31N3O5S. The molecule has 1 N–H and O–H groups in total. The molecule has 2 heterocycles. The third-order valence-electron chi connectivity index (χ3n) is 6.24. The molecule has 0 atom stereocenters. The molecule has 2 amide bonds. The highest BCUT2D eigenvalue weighted by Gasteiger charge is 2.29. The minimum Gasteiger partial charge on any atom is -0.497 e. The molecule has 1 aromatic carbocycles. The normalized spacial score (nSPS) is 15.6. The van der Waals surface area contributed by atoms with Gasteiger partial charge in [0.15, 0.2) is 0 Å². The monoisotopic (exact) mass is 485 g/mol. The lowest BCUT2D eigenvalue weighted by molar-refractivity contribution is -0.132. The van der Waals surface area contributed by atoms with Crippen LogP contribution in [0.3, 0.4) is 0 Å². The third-order valence-corrected chi connectivity index (χ3v) is 7.44. The van der Waals surface area contributed by atoms with Crippen LogP contribution in [0.5, 0.6) is 5.75 Å². The van der Waals surface area contributed by atoms with Gasteiger partial charge in [-0.1, -0.05) is 12.1 Å². The van der Waals surface area contributed by atoms with Crippen LogP contribution in [0.4, 0.5) is 5.00 Å². The fourth-order valence-electron chi connectivity index (χ4n) is 4.51. The average Bonchev–Trinajstić information content (AvgIpc) is 3.40. The highest BCUT2D eigenvalue weighted by Crippen LogP contribution is 2.39. The van der Waals surface area contributed by atoms with Crippen molar-refractivity contribution in [3.63, 3.8) is 0 Å². The molecule has 0 spiro atoms. The van der Waals surface area contributed by atoms with Gasteiger partial charge in [-0.3, -0.25) is 14.5 Å². The Kier molecular flexibility index (Phi) is 7.84. The lowest BCUT2D eigenvalue weighted by Crippen LogP contribution is -2.50. The van der Waals surface area contributed by atoms with Gasteiger partial charge in [0.1, 0.15) is 10.8 Å². The van der Waals surface area contributed by atoms with E-state index in [1.807, 2.05) is 34.1 Å². The van der Waals surface area contributed by atoms with E-state index in [0.29, 0.717) is 49.8 Å². The predicted molar refractivity (Wildman–Crippen MR) is 131 cm³/mol. The van der Waals surface area contributed by atoms with Gasteiger partial charge in [-0.05, 0) is 49.4 Å². The molecule has 1 saturated heterocycles. The number of aryl methyl sites for hydroxylation is 1. The highest BCUT2D eigenvalue weighted by molar-refractivity contribution is 7.17. The predicted octanol–water partition coefficient (Wildman–Crippen LogP) is 2.75. The molecule has 1 aliphatic heterocycles. The number of benzene rings is 1. The van der Waals surface area contributed by atoms with E-state index in [4.69, 9.17) is 9.47 Å². The average molecular weight is 486 g/mol. The number of hydrogen-bond acceptors (Lipinski definition) is 7. The molecule has 1 aliphatic carbocycles. The number of methoxy groups -OCH3 is 1. The highest BCUT2D eigenvalue weighted by atomic mass is 32.1. The lowest BCUT2D eigenvalue weighted by atomic mass is 10.1. The summed E-state index contributed by atoms with van der Waals surface area (Å²) in [7, 11) is 1.61. The summed E-state index contributed by atoms with van der Waals surface area (Å²) in [5.41, 5.74) is 2.48. The van der Waals surface area contributed by atoms with Gasteiger partial charge in [0, 0.05) is 31.1 Å². The number of nitrogens with zero attached hydrogens (tertiary/aromatic N) is 2. The fourth-order valence-corrected chi connectivity index (χ4v) is 5.80. The van der Waals surface area contributed by atoms with Crippen molar-refractivity contribution in [1.29, 1.82) is 0 Å². The summed E-state index contributed by atoms with van der Waals surface area (Å²) in [6, 6.07) is 7.54. The molecule has 1 aromatic heterocycles. The van der Waals surface area contributed by atoms with Crippen LogP contribution in [0.15, 0.2) is 24.3 Å². The van der Waals surface area contributed by atoms with E-state index in [0.717, 1.165) is 36.1 Å². The standard InChI is InChI=1S/C25H31N3O5S/c1-3-33-25(31)23-19-8-5-9-20(19)34-24(23)26-21(29)16-27-10-12-28(13-11-27)22(30)15-17-6-4-7-18(14-17)32-2/h4,6-7,14H,3,5,8-13,15-16H2,1-2H3,(H,26,29). The Hall–Kier alpha value is -2.91. The summed E-state index contributed by atoms with van der Waals surface area (Å²) in [6.45, 7) is 4.73. The first-order chi connectivity index (χ1) is 16.5. The Labute approximate surface area is 203 Å². The van der Waals surface area contributed by atoms with Crippen LogP contribution in [0.25, 0.3) is 0 Å². The maximum absolute atomic E-state index is 12.8. The number of esters is 1.